The number of rotatable bonds is 3. The number of hydrogen-bond donors (Lipinski definition) is 2. The molecule has 0 spiro atoms. The van der Waals surface area contributed by atoms with Crippen molar-refractivity contribution in [2.45, 2.75) is 13.0 Å². The predicted octanol–water partition coefficient (Wildman–Crippen LogP) is 1.01. The number of aromatic nitrogens is 1. The van der Waals surface area contributed by atoms with Gasteiger partial charge in [0.25, 0.3) is 0 Å². The Morgan fingerprint density at radius 3 is 3.00 bits per heavy atom. The van der Waals surface area contributed by atoms with Crippen molar-refractivity contribution in [2.75, 3.05) is 42.9 Å². The second-order valence-corrected chi connectivity index (χ2v) is 5.13. The van der Waals surface area contributed by atoms with Crippen molar-refractivity contribution in [2.24, 2.45) is 0 Å². The molecule has 2 aliphatic heterocycles. The van der Waals surface area contributed by atoms with Gasteiger partial charge in [0.1, 0.15) is 0 Å². The zero-order valence-electron chi connectivity index (χ0n) is 11.7. The molecule has 1 unspecified atom stereocenters. The van der Waals surface area contributed by atoms with Crippen molar-refractivity contribution in [3.8, 4) is 0 Å². The lowest BCUT2D eigenvalue weighted by molar-refractivity contribution is 0.197. The molecule has 8 heteroatoms. The van der Waals surface area contributed by atoms with Crippen LogP contribution in [0.25, 0.3) is 0 Å². The first-order valence-electron chi connectivity index (χ1n) is 6.99. The van der Waals surface area contributed by atoms with E-state index < -0.39 is 11.6 Å². The number of anilines is 2. The Morgan fingerprint density at radius 1 is 1.43 bits per heavy atom. The molecule has 2 aliphatic rings. The largest absolute Gasteiger partial charge is 0.368 e. The van der Waals surface area contributed by atoms with Crippen LogP contribution < -0.4 is 15.5 Å². The topological polar surface area (TPSA) is 60.5 Å². The second kappa shape index (κ2) is 5.34. The molecular weight excluding hydrogens is 280 g/mol. The molecule has 6 nitrogen and oxygen atoms in total. The van der Waals surface area contributed by atoms with Crippen LogP contribution in [0.15, 0.2) is 6.07 Å². The van der Waals surface area contributed by atoms with E-state index in [9.17, 15) is 13.6 Å². The molecule has 0 bridgehead atoms. The Morgan fingerprint density at radius 2 is 2.24 bits per heavy atom. The molecule has 2 fully saturated rings. The van der Waals surface area contributed by atoms with Crippen LogP contribution in [-0.4, -0.2) is 54.7 Å². The molecule has 114 valence electrons. The summed E-state index contributed by atoms with van der Waals surface area (Å²) in [4.78, 5) is 19.1. The number of hydrogen-bond acceptors (Lipinski definition) is 4. The molecule has 0 radical (unpaired) electrons. The first-order valence-corrected chi connectivity index (χ1v) is 6.99. The summed E-state index contributed by atoms with van der Waals surface area (Å²) in [6.45, 7) is 4.33. The number of nitrogens with zero attached hydrogens (tertiary/aromatic N) is 3. The number of halogens is 2. The number of pyridine rings is 1. The van der Waals surface area contributed by atoms with E-state index >= 15 is 0 Å². The maximum atomic E-state index is 14.0. The molecule has 0 saturated carbocycles. The number of carbonyl (C=O) groups excluding carboxylic acids is 1. The highest BCUT2D eigenvalue weighted by molar-refractivity contribution is 5.77. The summed E-state index contributed by atoms with van der Waals surface area (Å²) in [5.74, 6) is -1.20. The highest BCUT2D eigenvalue weighted by Crippen LogP contribution is 2.25. The third-order valence-corrected chi connectivity index (χ3v) is 3.79. The summed E-state index contributed by atoms with van der Waals surface area (Å²) < 4.78 is 27.6. The Labute approximate surface area is 121 Å². The van der Waals surface area contributed by atoms with Gasteiger partial charge in [0.2, 0.25) is 0 Å². The van der Waals surface area contributed by atoms with Crippen LogP contribution in [0, 0.1) is 11.6 Å². The summed E-state index contributed by atoms with van der Waals surface area (Å²) in [7, 11) is 0. The lowest BCUT2D eigenvalue weighted by Gasteiger charge is -2.37. The van der Waals surface area contributed by atoms with Crippen LogP contribution in [0.5, 0.6) is 0 Å². The van der Waals surface area contributed by atoms with Crippen molar-refractivity contribution >= 4 is 17.7 Å². The highest BCUT2D eigenvalue weighted by Gasteiger charge is 2.36. The smallest absolute Gasteiger partial charge is 0.317 e. The van der Waals surface area contributed by atoms with Gasteiger partial charge in [-0.3, -0.25) is 0 Å². The minimum Gasteiger partial charge on any atom is -0.368 e. The summed E-state index contributed by atoms with van der Waals surface area (Å²) >= 11 is 0. The van der Waals surface area contributed by atoms with E-state index in [1.54, 1.807) is 9.80 Å². The first-order chi connectivity index (χ1) is 10.1. The van der Waals surface area contributed by atoms with Crippen molar-refractivity contribution in [1.82, 2.24) is 15.2 Å². The Bertz CT molecular complexity index is 568. The lowest BCUT2D eigenvalue weighted by atomic mass is 10.2. The average molecular weight is 297 g/mol. The zero-order chi connectivity index (χ0) is 15.0. The molecule has 2 N–H and O–H groups in total. The Hall–Kier alpha value is -2.12. The van der Waals surface area contributed by atoms with Gasteiger partial charge in [0.15, 0.2) is 23.3 Å². The standard InChI is InChI=1S/C13H17F2N5O/c1-2-16-11-9(14)5-10(15)12(18-11)19-3-4-20-8(7-19)6-17-13(20)21/h5,8H,2-4,6-7H2,1H3,(H,16,18)(H,17,21). The summed E-state index contributed by atoms with van der Waals surface area (Å²) in [5, 5.41) is 5.54. The Kier molecular flexibility index (Phi) is 3.52. The van der Waals surface area contributed by atoms with Crippen molar-refractivity contribution in [3.63, 3.8) is 0 Å². The number of nitrogens with one attached hydrogen (secondary N) is 2. The third-order valence-electron chi connectivity index (χ3n) is 3.79. The van der Waals surface area contributed by atoms with Gasteiger partial charge >= 0.3 is 6.03 Å². The first kappa shape index (κ1) is 13.8. The lowest BCUT2D eigenvalue weighted by Crippen LogP contribution is -2.52. The van der Waals surface area contributed by atoms with Gasteiger partial charge in [-0.2, -0.15) is 0 Å². The van der Waals surface area contributed by atoms with Gasteiger partial charge in [-0.1, -0.05) is 0 Å². The van der Waals surface area contributed by atoms with Gasteiger partial charge < -0.3 is 20.4 Å². The summed E-state index contributed by atoms with van der Waals surface area (Å²) in [6.07, 6.45) is 0. The molecule has 21 heavy (non-hydrogen) atoms. The van der Waals surface area contributed by atoms with E-state index in [1.807, 2.05) is 6.92 Å². The van der Waals surface area contributed by atoms with Crippen LogP contribution in [0.4, 0.5) is 25.2 Å². The number of fused-ring (bicyclic) bond motifs is 1. The van der Waals surface area contributed by atoms with Gasteiger partial charge in [-0.25, -0.2) is 18.6 Å². The molecule has 1 aromatic heterocycles. The summed E-state index contributed by atoms with van der Waals surface area (Å²) in [6, 6.07) is 0.769. The molecule has 1 atom stereocenters. The maximum Gasteiger partial charge on any atom is 0.317 e. The van der Waals surface area contributed by atoms with E-state index in [4.69, 9.17) is 0 Å². The molecule has 3 heterocycles. The molecule has 2 amide bonds. The molecular formula is C13H17F2N5O. The summed E-state index contributed by atoms with van der Waals surface area (Å²) in [5.41, 5.74) is 0. The predicted molar refractivity (Wildman–Crippen MR) is 74.4 cm³/mol. The molecule has 1 aromatic rings. The fourth-order valence-corrected chi connectivity index (χ4v) is 2.77. The fraction of sp³-hybridized carbons (Fsp3) is 0.538. The monoisotopic (exact) mass is 297 g/mol. The van der Waals surface area contributed by atoms with Crippen LogP contribution in [-0.2, 0) is 0 Å². The quantitative estimate of drug-likeness (QED) is 0.874. The number of amides is 2. The minimum absolute atomic E-state index is 0.0000809. The van der Waals surface area contributed by atoms with Crippen molar-refractivity contribution in [1.29, 1.82) is 0 Å². The van der Waals surface area contributed by atoms with Crippen LogP contribution >= 0.6 is 0 Å². The normalized spacial score (nSPS) is 21.3. The van der Waals surface area contributed by atoms with E-state index in [1.165, 1.54) is 0 Å². The van der Waals surface area contributed by atoms with Crippen LogP contribution in [0.2, 0.25) is 0 Å². The van der Waals surface area contributed by atoms with Crippen LogP contribution in [0.3, 0.4) is 0 Å². The molecule has 2 saturated heterocycles. The molecule has 0 aliphatic carbocycles. The van der Waals surface area contributed by atoms with Gasteiger partial charge in [-0.15, -0.1) is 0 Å². The highest BCUT2D eigenvalue weighted by atomic mass is 19.1. The van der Waals surface area contributed by atoms with Gasteiger partial charge in [0.05, 0.1) is 6.04 Å². The van der Waals surface area contributed by atoms with E-state index in [-0.39, 0.29) is 23.7 Å². The van der Waals surface area contributed by atoms with Crippen molar-refractivity contribution < 1.29 is 13.6 Å². The molecule has 0 aromatic carbocycles. The van der Waals surface area contributed by atoms with Gasteiger partial charge in [0, 0.05) is 38.8 Å². The van der Waals surface area contributed by atoms with E-state index in [0.717, 1.165) is 6.07 Å². The fourth-order valence-electron chi connectivity index (χ4n) is 2.77. The Balaban J connectivity index is 1.84. The third kappa shape index (κ3) is 2.45. The molecule has 3 rings (SSSR count). The van der Waals surface area contributed by atoms with E-state index in [0.29, 0.717) is 32.7 Å². The average Bonchev–Trinajstić information content (AvgIpc) is 2.83. The number of urea groups is 1. The van der Waals surface area contributed by atoms with Crippen molar-refractivity contribution in [3.05, 3.63) is 17.7 Å². The minimum atomic E-state index is -0.700. The maximum absolute atomic E-state index is 14.0. The van der Waals surface area contributed by atoms with Gasteiger partial charge in [-0.05, 0) is 6.92 Å². The second-order valence-electron chi connectivity index (χ2n) is 5.13. The number of carbonyl (C=O) groups is 1. The SMILES string of the molecule is CCNc1nc(N2CCN3C(=O)NCC3C2)c(F)cc1F. The zero-order valence-corrected chi connectivity index (χ0v) is 11.7. The van der Waals surface area contributed by atoms with E-state index in [2.05, 4.69) is 15.6 Å². The number of piperazine rings is 1. The van der Waals surface area contributed by atoms with Crippen LogP contribution in [0.1, 0.15) is 6.92 Å².